The first kappa shape index (κ1) is 18.3. The maximum Gasteiger partial charge on any atom is 0.119 e. The minimum Gasteiger partial charge on any atom is -0.492 e. The number of nitrogens with zero attached hydrogens (tertiary/aromatic N) is 1. The molecule has 0 unspecified atom stereocenters. The number of rotatable bonds is 9. The molecule has 0 aliphatic heterocycles. The van der Waals surface area contributed by atoms with E-state index in [1.54, 1.807) is 0 Å². The molecule has 0 bridgehead atoms. The molecule has 0 radical (unpaired) electrons. The van der Waals surface area contributed by atoms with Crippen LogP contribution in [-0.2, 0) is 6.54 Å². The molecule has 0 aliphatic carbocycles. The highest BCUT2D eigenvalue weighted by molar-refractivity contribution is 7.98. The average molecular weight is 311 g/mol. The van der Waals surface area contributed by atoms with Crippen LogP contribution >= 0.6 is 11.8 Å². The Hall–Kier alpha value is -0.710. The predicted molar refractivity (Wildman–Crippen MR) is 94.4 cm³/mol. The molecule has 0 aromatic heterocycles. The summed E-state index contributed by atoms with van der Waals surface area (Å²) in [6, 6.07) is 8.38. The number of likely N-dealkylation sites (N-methyl/N-ethyl adjacent to an activating group) is 1. The molecular formula is C17H30N2OS. The molecule has 0 saturated heterocycles. The van der Waals surface area contributed by atoms with Gasteiger partial charge in [-0.3, -0.25) is 0 Å². The predicted octanol–water partition coefficient (Wildman–Crippen LogP) is 3.25. The molecule has 1 aromatic carbocycles. The minimum atomic E-state index is 0.149. The molecule has 3 nitrogen and oxygen atoms in total. The molecule has 0 saturated carbocycles. The van der Waals surface area contributed by atoms with Crippen LogP contribution in [0.3, 0.4) is 0 Å². The van der Waals surface area contributed by atoms with Crippen LogP contribution in [0.25, 0.3) is 0 Å². The first-order chi connectivity index (χ1) is 9.90. The third-order valence-corrected chi connectivity index (χ3v) is 3.76. The first-order valence-electron chi connectivity index (χ1n) is 7.55. The summed E-state index contributed by atoms with van der Waals surface area (Å²) in [5.41, 5.74) is 1.44. The van der Waals surface area contributed by atoms with Crippen LogP contribution in [0.5, 0.6) is 5.75 Å². The zero-order valence-corrected chi connectivity index (χ0v) is 14.9. The topological polar surface area (TPSA) is 24.5 Å². The second kappa shape index (κ2) is 9.34. The molecule has 0 fully saturated rings. The summed E-state index contributed by atoms with van der Waals surface area (Å²) in [5.74, 6) is 2.12. The number of thioether (sulfide) groups is 1. The number of benzene rings is 1. The fourth-order valence-corrected chi connectivity index (χ4v) is 2.24. The van der Waals surface area contributed by atoms with Gasteiger partial charge in [-0.25, -0.2) is 0 Å². The molecule has 1 aromatic rings. The summed E-state index contributed by atoms with van der Waals surface area (Å²) in [5, 5.41) is 3.49. The van der Waals surface area contributed by atoms with Crippen molar-refractivity contribution in [2.75, 3.05) is 38.8 Å². The van der Waals surface area contributed by atoms with Gasteiger partial charge in [0.15, 0.2) is 0 Å². The van der Waals surface area contributed by atoms with Crippen LogP contribution in [0.2, 0.25) is 0 Å². The summed E-state index contributed by atoms with van der Waals surface area (Å²) in [6.07, 6.45) is 2.14. The van der Waals surface area contributed by atoms with Crippen LogP contribution in [0.1, 0.15) is 26.3 Å². The van der Waals surface area contributed by atoms with Crippen LogP contribution in [0, 0.1) is 0 Å². The van der Waals surface area contributed by atoms with Crippen molar-refractivity contribution in [1.29, 1.82) is 0 Å². The van der Waals surface area contributed by atoms with Crippen molar-refractivity contribution in [2.24, 2.45) is 0 Å². The van der Waals surface area contributed by atoms with Gasteiger partial charge in [-0.05, 0) is 51.8 Å². The van der Waals surface area contributed by atoms with E-state index < -0.39 is 0 Å². The molecule has 1 rings (SSSR count). The molecule has 21 heavy (non-hydrogen) atoms. The Bertz CT molecular complexity index is 387. The highest BCUT2D eigenvalue weighted by Gasteiger charge is 2.08. The van der Waals surface area contributed by atoms with E-state index in [9.17, 15) is 0 Å². The third kappa shape index (κ3) is 9.02. The lowest BCUT2D eigenvalue weighted by atomic mass is 10.1. The maximum atomic E-state index is 5.79. The number of hydrogen-bond acceptors (Lipinski definition) is 4. The van der Waals surface area contributed by atoms with Gasteiger partial charge < -0.3 is 15.0 Å². The van der Waals surface area contributed by atoms with Crippen molar-refractivity contribution < 1.29 is 4.74 Å². The first-order valence-corrected chi connectivity index (χ1v) is 8.94. The molecule has 0 aliphatic rings. The van der Waals surface area contributed by atoms with E-state index in [-0.39, 0.29) is 5.54 Å². The number of ether oxygens (including phenoxy) is 1. The Morgan fingerprint density at radius 1 is 1.14 bits per heavy atom. The van der Waals surface area contributed by atoms with E-state index in [2.05, 4.69) is 68.6 Å². The largest absolute Gasteiger partial charge is 0.492 e. The number of hydrogen-bond donors (Lipinski definition) is 1. The van der Waals surface area contributed by atoms with Crippen molar-refractivity contribution in [1.82, 2.24) is 10.2 Å². The van der Waals surface area contributed by atoms with Gasteiger partial charge in [0.05, 0.1) is 0 Å². The van der Waals surface area contributed by atoms with Crippen molar-refractivity contribution >= 4 is 11.8 Å². The van der Waals surface area contributed by atoms with Gasteiger partial charge in [0, 0.05) is 30.9 Å². The van der Waals surface area contributed by atoms with Gasteiger partial charge >= 0.3 is 0 Å². The summed E-state index contributed by atoms with van der Waals surface area (Å²) < 4.78 is 5.79. The Morgan fingerprint density at radius 3 is 2.38 bits per heavy atom. The van der Waals surface area contributed by atoms with Gasteiger partial charge in [0.1, 0.15) is 12.4 Å². The van der Waals surface area contributed by atoms with Gasteiger partial charge in [-0.1, -0.05) is 12.1 Å². The van der Waals surface area contributed by atoms with Gasteiger partial charge in [0.25, 0.3) is 0 Å². The molecule has 0 atom stereocenters. The molecule has 0 heterocycles. The van der Waals surface area contributed by atoms with Crippen molar-refractivity contribution in [3.05, 3.63) is 29.8 Å². The van der Waals surface area contributed by atoms with E-state index in [1.807, 2.05) is 11.8 Å². The SMILES string of the molecule is CSCCN(C)CCOc1ccc(CNC(C)(C)C)cc1. The third-order valence-electron chi connectivity index (χ3n) is 3.17. The maximum absolute atomic E-state index is 5.79. The Morgan fingerprint density at radius 2 is 1.81 bits per heavy atom. The van der Waals surface area contributed by atoms with Gasteiger partial charge in [-0.15, -0.1) is 0 Å². The molecule has 4 heteroatoms. The summed E-state index contributed by atoms with van der Waals surface area (Å²) in [4.78, 5) is 2.30. The quantitative estimate of drug-likeness (QED) is 0.757. The van der Waals surface area contributed by atoms with Gasteiger partial charge in [-0.2, -0.15) is 11.8 Å². The van der Waals surface area contributed by atoms with Crippen LogP contribution < -0.4 is 10.1 Å². The molecule has 0 spiro atoms. The lowest BCUT2D eigenvalue weighted by Crippen LogP contribution is -2.35. The second-order valence-corrected chi connectivity index (χ2v) is 7.38. The van der Waals surface area contributed by atoms with E-state index >= 15 is 0 Å². The van der Waals surface area contributed by atoms with E-state index in [0.29, 0.717) is 0 Å². The van der Waals surface area contributed by atoms with Crippen molar-refractivity contribution in [3.8, 4) is 5.75 Å². The van der Waals surface area contributed by atoms with Crippen molar-refractivity contribution in [2.45, 2.75) is 32.9 Å². The van der Waals surface area contributed by atoms with Crippen LogP contribution in [0.4, 0.5) is 0 Å². The Kier molecular flexibility index (Phi) is 8.15. The highest BCUT2D eigenvalue weighted by atomic mass is 32.2. The Labute approximate surface area is 134 Å². The smallest absolute Gasteiger partial charge is 0.119 e. The highest BCUT2D eigenvalue weighted by Crippen LogP contribution is 2.13. The monoisotopic (exact) mass is 310 g/mol. The summed E-state index contributed by atoms with van der Waals surface area (Å²) in [7, 11) is 2.14. The molecule has 120 valence electrons. The lowest BCUT2D eigenvalue weighted by molar-refractivity contribution is 0.245. The summed E-state index contributed by atoms with van der Waals surface area (Å²) in [6.45, 7) is 10.2. The van der Waals surface area contributed by atoms with Crippen LogP contribution in [0.15, 0.2) is 24.3 Å². The standard InChI is InChI=1S/C17H30N2OS/c1-17(2,3)18-14-15-6-8-16(9-7-15)20-12-10-19(4)11-13-21-5/h6-9,18H,10-14H2,1-5H3. The molecule has 0 amide bonds. The van der Waals surface area contributed by atoms with Gasteiger partial charge in [0.2, 0.25) is 0 Å². The fraction of sp³-hybridized carbons (Fsp3) is 0.647. The van der Waals surface area contributed by atoms with Crippen molar-refractivity contribution in [3.63, 3.8) is 0 Å². The second-order valence-electron chi connectivity index (χ2n) is 6.39. The van der Waals surface area contributed by atoms with E-state index in [1.165, 1.54) is 11.3 Å². The molecular weight excluding hydrogens is 280 g/mol. The Balaban J connectivity index is 2.28. The fourth-order valence-electron chi connectivity index (χ4n) is 1.75. The normalized spacial score (nSPS) is 11.9. The van der Waals surface area contributed by atoms with E-state index in [0.717, 1.165) is 32.0 Å². The zero-order chi connectivity index (χ0) is 15.7. The minimum absolute atomic E-state index is 0.149. The molecule has 1 N–H and O–H groups in total. The average Bonchev–Trinajstić information content (AvgIpc) is 2.43. The van der Waals surface area contributed by atoms with E-state index in [4.69, 9.17) is 4.74 Å². The lowest BCUT2D eigenvalue weighted by Gasteiger charge is -2.20. The zero-order valence-electron chi connectivity index (χ0n) is 14.1. The van der Waals surface area contributed by atoms with Crippen LogP contribution in [-0.4, -0.2) is 49.2 Å². The number of nitrogens with one attached hydrogen (secondary N) is 1. The summed E-state index contributed by atoms with van der Waals surface area (Å²) >= 11 is 1.88.